The maximum atomic E-state index is 11.3. The smallest absolute Gasteiger partial charge is 0.869 e. The van der Waals surface area contributed by atoms with Crippen LogP contribution in [0.5, 0.6) is 0 Å². The molecule has 0 atom stereocenters. The molecule has 0 aliphatic carbocycles. The number of allylic oxidation sites excluding steroid dienone is 2. The molecule has 1 radical (unpaired) electrons. The van der Waals surface area contributed by atoms with Gasteiger partial charge in [0.05, 0.1) is 0 Å². The normalized spacial score (nSPS) is 12.2. The van der Waals surface area contributed by atoms with Gasteiger partial charge >= 0.3 is 47.0 Å². The molecule has 6 heteroatoms. The van der Waals surface area contributed by atoms with E-state index in [2.05, 4.69) is 0 Å². The van der Waals surface area contributed by atoms with Crippen LogP contribution in [-0.2, 0) is 4.79 Å². The van der Waals surface area contributed by atoms with Crippen molar-refractivity contribution < 1.29 is 63.9 Å². The number of hydrogen-bond donors (Lipinski definition) is 0. The second-order valence-electron chi connectivity index (χ2n) is 1.62. The fraction of sp³-hybridized carbons (Fsp3) is 0.400. The van der Waals surface area contributed by atoms with Crippen LogP contribution in [0.2, 0.25) is 0 Å². The Morgan fingerprint density at radius 3 is 1.91 bits per heavy atom. The molecule has 0 bridgehead atoms. The largest absolute Gasteiger partial charge is 3.00 e. The van der Waals surface area contributed by atoms with Gasteiger partial charge in [0.15, 0.2) is 5.78 Å². The molecule has 0 aliphatic heterocycles. The SMILES string of the molecule is CC(=O)C=C([O-])C(F)(F)F.[Nd+3]. The van der Waals surface area contributed by atoms with Gasteiger partial charge in [-0.15, -0.1) is 0 Å². The fourth-order valence-corrected chi connectivity index (χ4v) is 0.266. The van der Waals surface area contributed by atoms with E-state index in [0.717, 1.165) is 6.92 Å². The van der Waals surface area contributed by atoms with Crippen molar-refractivity contribution in [1.82, 2.24) is 0 Å². The summed E-state index contributed by atoms with van der Waals surface area (Å²) < 4.78 is 33.8. The van der Waals surface area contributed by atoms with Crippen molar-refractivity contribution in [3.63, 3.8) is 0 Å². The van der Waals surface area contributed by atoms with E-state index in [1.54, 1.807) is 0 Å². The minimum absolute atomic E-state index is 0. The number of carbonyl (C=O) groups excluding carboxylic acids is 1. The van der Waals surface area contributed by atoms with Gasteiger partial charge in [0, 0.05) is 0 Å². The molecule has 0 amide bonds. The van der Waals surface area contributed by atoms with Crippen LogP contribution >= 0.6 is 0 Å². The van der Waals surface area contributed by atoms with E-state index in [-0.39, 0.29) is 46.9 Å². The summed E-state index contributed by atoms with van der Waals surface area (Å²) in [5.41, 5.74) is 0. The van der Waals surface area contributed by atoms with Gasteiger partial charge in [-0.2, -0.15) is 13.2 Å². The Morgan fingerprint density at radius 1 is 1.45 bits per heavy atom. The van der Waals surface area contributed by atoms with E-state index in [1.807, 2.05) is 0 Å². The summed E-state index contributed by atoms with van der Waals surface area (Å²) >= 11 is 0. The Labute approximate surface area is 94.0 Å². The molecule has 0 unspecified atom stereocenters. The molecular formula is C5H4F3NdO2+2. The van der Waals surface area contributed by atoms with Gasteiger partial charge in [0.2, 0.25) is 0 Å². The monoisotopic (exact) mass is 295 g/mol. The number of ketones is 1. The number of rotatable bonds is 1. The summed E-state index contributed by atoms with van der Waals surface area (Å²) in [6.07, 6.45) is -4.91. The number of alkyl halides is 3. The first-order valence-electron chi connectivity index (χ1n) is 2.30. The van der Waals surface area contributed by atoms with Crippen LogP contribution in [0.15, 0.2) is 11.8 Å². The van der Waals surface area contributed by atoms with Crippen LogP contribution < -0.4 is 5.11 Å². The summed E-state index contributed by atoms with van der Waals surface area (Å²) in [4.78, 5) is 9.92. The summed E-state index contributed by atoms with van der Waals surface area (Å²) in [6, 6.07) is 0. The Morgan fingerprint density at radius 2 is 1.82 bits per heavy atom. The maximum absolute atomic E-state index is 11.3. The van der Waals surface area contributed by atoms with E-state index >= 15 is 0 Å². The molecular weight excluding hydrogens is 293 g/mol. The van der Waals surface area contributed by atoms with Crippen molar-refractivity contribution >= 4 is 5.78 Å². The van der Waals surface area contributed by atoms with Crippen LogP contribution in [0.25, 0.3) is 0 Å². The van der Waals surface area contributed by atoms with Crippen LogP contribution in [0.1, 0.15) is 6.92 Å². The van der Waals surface area contributed by atoms with Gasteiger partial charge in [-0.1, -0.05) is 0 Å². The number of carbonyl (C=O) groups is 1. The molecule has 0 fully saturated rings. The Balaban J connectivity index is 0. The molecule has 0 spiro atoms. The van der Waals surface area contributed by atoms with E-state index in [1.165, 1.54) is 0 Å². The first kappa shape index (κ1) is 13.9. The average Bonchev–Trinajstić information content (AvgIpc) is 1.60. The van der Waals surface area contributed by atoms with E-state index in [9.17, 15) is 23.1 Å². The third-order valence-corrected chi connectivity index (χ3v) is 0.614. The van der Waals surface area contributed by atoms with Gasteiger partial charge < -0.3 is 5.11 Å². The number of halogens is 3. The second-order valence-corrected chi connectivity index (χ2v) is 1.62. The van der Waals surface area contributed by atoms with Crippen molar-refractivity contribution in [1.29, 1.82) is 0 Å². The summed E-state index contributed by atoms with van der Waals surface area (Å²) in [5.74, 6) is -3.01. The summed E-state index contributed by atoms with van der Waals surface area (Å²) in [7, 11) is 0. The zero-order chi connectivity index (χ0) is 8.36. The molecule has 0 rings (SSSR count). The van der Waals surface area contributed by atoms with Crippen molar-refractivity contribution in [2.24, 2.45) is 0 Å². The van der Waals surface area contributed by atoms with Crippen LogP contribution in [0.3, 0.4) is 0 Å². The summed E-state index contributed by atoms with van der Waals surface area (Å²) in [6.45, 7) is 0.879. The third-order valence-electron chi connectivity index (χ3n) is 0.614. The molecule has 2 nitrogen and oxygen atoms in total. The van der Waals surface area contributed by atoms with Gasteiger partial charge in [0.25, 0.3) is 0 Å². The Bertz CT molecular complexity index is 173. The predicted octanol–water partition coefficient (Wildman–Crippen LogP) is 0.382. The average molecular weight is 297 g/mol. The van der Waals surface area contributed by atoms with Crippen LogP contribution in [0, 0.1) is 40.8 Å². The molecule has 0 N–H and O–H groups in total. The van der Waals surface area contributed by atoms with Crippen molar-refractivity contribution in [2.75, 3.05) is 0 Å². The quantitative estimate of drug-likeness (QED) is 0.519. The van der Waals surface area contributed by atoms with E-state index in [0.29, 0.717) is 0 Å². The molecule has 0 saturated heterocycles. The zero-order valence-electron chi connectivity index (χ0n) is 5.53. The minimum Gasteiger partial charge on any atom is -0.869 e. The molecule has 0 saturated carbocycles. The molecule has 0 aliphatic rings. The van der Waals surface area contributed by atoms with Gasteiger partial charge in [-0.3, -0.25) is 4.79 Å². The van der Waals surface area contributed by atoms with Crippen molar-refractivity contribution in [2.45, 2.75) is 13.1 Å². The first-order chi connectivity index (χ1) is 4.34. The van der Waals surface area contributed by atoms with Crippen LogP contribution in [0.4, 0.5) is 13.2 Å². The predicted molar refractivity (Wildman–Crippen MR) is 24.8 cm³/mol. The zero-order valence-corrected chi connectivity index (χ0v) is 8.74. The Kier molecular flexibility index (Phi) is 6.42. The van der Waals surface area contributed by atoms with Gasteiger partial charge in [-0.25, -0.2) is 0 Å². The van der Waals surface area contributed by atoms with E-state index < -0.39 is 17.7 Å². The third kappa shape index (κ3) is 6.74. The fourth-order valence-electron chi connectivity index (χ4n) is 0.266. The van der Waals surface area contributed by atoms with Gasteiger partial charge in [0.1, 0.15) is 0 Å². The number of hydrogen-bond acceptors (Lipinski definition) is 2. The summed E-state index contributed by atoms with van der Waals surface area (Å²) in [5, 5.41) is 9.87. The molecule has 0 aromatic heterocycles. The first-order valence-corrected chi connectivity index (χ1v) is 2.30. The van der Waals surface area contributed by atoms with Crippen molar-refractivity contribution in [3.05, 3.63) is 11.8 Å². The maximum Gasteiger partial charge on any atom is 3.00 e. The molecule has 0 aromatic carbocycles. The van der Waals surface area contributed by atoms with Crippen molar-refractivity contribution in [3.8, 4) is 0 Å². The minimum atomic E-state index is -4.92. The molecule has 0 aromatic rings. The molecule has 11 heavy (non-hydrogen) atoms. The molecule has 59 valence electrons. The van der Waals surface area contributed by atoms with E-state index in [4.69, 9.17) is 0 Å². The standard InChI is InChI=1S/C5H5F3O2.Nd/c1-3(9)2-4(10)5(6,7)8;/h2,10H,1H3;/q;+3/p-1. The molecule has 0 heterocycles. The van der Waals surface area contributed by atoms with Gasteiger partial charge in [-0.05, 0) is 18.8 Å². The topological polar surface area (TPSA) is 40.1 Å². The van der Waals surface area contributed by atoms with Crippen LogP contribution in [-0.4, -0.2) is 12.0 Å². The Hall–Kier alpha value is 0.351. The second kappa shape index (κ2) is 5.08.